The van der Waals surface area contributed by atoms with Gasteiger partial charge in [0.2, 0.25) is 0 Å². The molecule has 0 atom stereocenters. The zero-order chi connectivity index (χ0) is 13.8. The van der Waals surface area contributed by atoms with Crippen molar-refractivity contribution in [2.24, 2.45) is 0 Å². The maximum absolute atomic E-state index is 12.2. The van der Waals surface area contributed by atoms with E-state index in [-0.39, 0.29) is 5.91 Å². The van der Waals surface area contributed by atoms with Crippen LogP contribution in [0.15, 0.2) is 18.2 Å². The number of benzene rings is 1. The van der Waals surface area contributed by atoms with Crippen LogP contribution in [-0.2, 0) is 0 Å². The van der Waals surface area contributed by atoms with E-state index in [1.165, 1.54) is 12.8 Å². The molecule has 0 aromatic heterocycles. The minimum absolute atomic E-state index is 0.00842. The van der Waals surface area contributed by atoms with E-state index < -0.39 is 0 Å². The summed E-state index contributed by atoms with van der Waals surface area (Å²) in [6.07, 6.45) is 6.71. The maximum Gasteiger partial charge on any atom is 0.251 e. The predicted octanol–water partition coefficient (Wildman–Crippen LogP) is 4.35. The summed E-state index contributed by atoms with van der Waals surface area (Å²) in [5.74, 6) is -0.00842. The zero-order valence-electron chi connectivity index (χ0n) is 10.8. The summed E-state index contributed by atoms with van der Waals surface area (Å²) in [5.41, 5.74) is 0.650. The summed E-state index contributed by atoms with van der Waals surface area (Å²) in [5, 5.41) is 4.52. The molecular weight excluding hydrogens is 393 g/mol. The first kappa shape index (κ1) is 15.4. The van der Waals surface area contributed by atoms with Crippen LogP contribution in [0.4, 0.5) is 0 Å². The Morgan fingerprint density at radius 2 is 2.05 bits per heavy atom. The third kappa shape index (κ3) is 4.26. The van der Waals surface area contributed by atoms with Gasteiger partial charge in [-0.3, -0.25) is 4.79 Å². The molecule has 0 bridgehead atoms. The minimum Gasteiger partial charge on any atom is -0.349 e. The van der Waals surface area contributed by atoms with Gasteiger partial charge in [0.25, 0.3) is 5.91 Å². The largest absolute Gasteiger partial charge is 0.349 e. The molecule has 1 aliphatic carbocycles. The number of thioether (sulfide) groups is 1. The Hall–Kier alpha value is 0.0600. The Kier molecular flexibility index (Phi) is 5.84. The number of hydrogen-bond donors (Lipinski definition) is 1. The average Bonchev–Trinajstić information content (AvgIpc) is 2.42. The molecule has 104 valence electrons. The first-order valence-corrected chi connectivity index (χ1v) is 9.13. The Morgan fingerprint density at radius 1 is 1.37 bits per heavy atom. The lowest BCUT2D eigenvalue weighted by atomic mass is 9.94. The third-order valence-corrected chi connectivity index (χ3v) is 6.23. The fraction of sp³-hybridized carbons (Fsp3) is 0.500. The number of halogens is 2. The molecule has 1 aromatic rings. The summed E-state index contributed by atoms with van der Waals surface area (Å²) in [6, 6.07) is 5.76. The molecule has 1 fully saturated rings. The molecule has 2 rings (SSSR count). The van der Waals surface area contributed by atoms with E-state index >= 15 is 0 Å². The fourth-order valence-corrected chi connectivity index (χ4v) is 3.61. The zero-order valence-corrected chi connectivity index (χ0v) is 14.5. The van der Waals surface area contributed by atoms with Crippen molar-refractivity contribution in [1.29, 1.82) is 0 Å². The average molecular weight is 410 g/mol. The van der Waals surface area contributed by atoms with E-state index in [1.54, 1.807) is 6.07 Å². The van der Waals surface area contributed by atoms with E-state index in [1.807, 2.05) is 23.9 Å². The number of hydrogen-bond acceptors (Lipinski definition) is 2. The minimum atomic E-state index is -0.00842. The van der Waals surface area contributed by atoms with Gasteiger partial charge in [-0.2, -0.15) is 11.8 Å². The van der Waals surface area contributed by atoms with Crippen molar-refractivity contribution in [3.63, 3.8) is 0 Å². The van der Waals surface area contributed by atoms with E-state index in [0.717, 1.165) is 21.7 Å². The van der Waals surface area contributed by atoms with Gasteiger partial charge in [-0.1, -0.05) is 11.6 Å². The smallest absolute Gasteiger partial charge is 0.251 e. The van der Waals surface area contributed by atoms with Gasteiger partial charge >= 0.3 is 0 Å². The highest BCUT2D eigenvalue weighted by molar-refractivity contribution is 14.1. The van der Waals surface area contributed by atoms with E-state index in [0.29, 0.717) is 16.6 Å². The Morgan fingerprint density at radius 3 is 2.63 bits per heavy atom. The number of carbonyl (C=O) groups excluding carboxylic acids is 1. The fourth-order valence-electron chi connectivity index (χ4n) is 2.35. The van der Waals surface area contributed by atoms with Gasteiger partial charge in [-0.05, 0) is 72.7 Å². The van der Waals surface area contributed by atoms with Crippen LogP contribution in [0.5, 0.6) is 0 Å². The first-order chi connectivity index (χ1) is 9.10. The van der Waals surface area contributed by atoms with Crippen molar-refractivity contribution in [3.05, 3.63) is 32.4 Å². The molecular formula is C14H17ClINOS. The van der Waals surface area contributed by atoms with Crippen LogP contribution in [0.3, 0.4) is 0 Å². The number of carbonyl (C=O) groups is 1. The van der Waals surface area contributed by atoms with Crippen LogP contribution >= 0.6 is 46.0 Å². The summed E-state index contributed by atoms with van der Waals surface area (Å²) >= 11 is 10.1. The summed E-state index contributed by atoms with van der Waals surface area (Å²) in [7, 11) is 0. The van der Waals surface area contributed by atoms with Gasteiger partial charge in [0, 0.05) is 20.4 Å². The van der Waals surface area contributed by atoms with Crippen molar-refractivity contribution >= 4 is 51.9 Å². The highest BCUT2D eigenvalue weighted by atomic mass is 127. The molecule has 0 heterocycles. The second-order valence-corrected chi connectivity index (χ2v) is 7.52. The van der Waals surface area contributed by atoms with Crippen LogP contribution in [0.1, 0.15) is 36.0 Å². The summed E-state index contributed by atoms with van der Waals surface area (Å²) < 4.78 is 0.969. The van der Waals surface area contributed by atoms with Crippen molar-refractivity contribution < 1.29 is 4.79 Å². The molecule has 2 nitrogen and oxygen atoms in total. The SMILES string of the molecule is CSC1CCC(NC(=O)c2ccc(I)c(Cl)c2)CC1. The van der Waals surface area contributed by atoms with E-state index in [4.69, 9.17) is 11.6 Å². The number of rotatable bonds is 3. The standard InChI is InChI=1S/C14H17ClINOS/c1-19-11-5-3-10(4-6-11)17-14(18)9-2-7-13(16)12(15)8-9/h2,7-8,10-11H,3-6H2,1H3,(H,17,18). The lowest BCUT2D eigenvalue weighted by molar-refractivity contribution is 0.0928. The predicted molar refractivity (Wildman–Crippen MR) is 91.2 cm³/mol. The molecule has 0 spiro atoms. The third-order valence-electron chi connectivity index (χ3n) is 3.52. The van der Waals surface area contributed by atoms with Crippen LogP contribution in [0.2, 0.25) is 5.02 Å². The molecule has 5 heteroatoms. The van der Waals surface area contributed by atoms with Gasteiger partial charge in [-0.15, -0.1) is 0 Å². The molecule has 0 saturated heterocycles. The second-order valence-electron chi connectivity index (χ2n) is 4.81. The lowest BCUT2D eigenvalue weighted by Gasteiger charge is -2.28. The highest BCUT2D eigenvalue weighted by Crippen LogP contribution is 2.27. The second kappa shape index (κ2) is 7.18. The summed E-state index contributed by atoms with van der Waals surface area (Å²) in [6.45, 7) is 0. The molecule has 1 aliphatic rings. The summed E-state index contributed by atoms with van der Waals surface area (Å²) in [4.78, 5) is 12.2. The van der Waals surface area contributed by atoms with Gasteiger partial charge in [0.05, 0.1) is 5.02 Å². The van der Waals surface area contributed by atoms with Crippen LogP contribution in [0.25, 0.3) is 0 Å². The Bertz CT molecular complexity index is 461. The van der Waals surface area contributed by atoms with Crippen molar-refractivity contribution in [1.82, 2.24) is 5.32 Å². The molecule has 1 amide bonds. The molecule has 19 heavy (non-hydrogen) atoms. The first-order valence-electron chi connectivity index (χ1n) is 6.39. The van der Waals surface area contributed by atoms with E-state index in [2.05, 4.69) is 34.2 Å². The van der Waals surface area contributed by atoms with Gasteiger partial charge < -0.3 is 5.32 Å². The topological polar surface area (TPSA) is 29.1 Å². The van der Waals surface area contributed by atoms with Crippen molar-refractivity contribution in [3.8, 4) is 0 Å². The quantitative estimate of drug-likeness (QED) is 0.752. The highest BCUT2D eigenvalue weighted by Gasteiger charge is 2.22. The molecule has 1 N–H and O–H groups in total. The molecule has 1 aromatic carbocycles. The van der Waals surface area contributed by atoms with E-state index in [9.17, 15) is 4.79 Å². The van der Waals surface area contributed by atoms with Gasteiger partial charge in [0.1, 0.15) is 0 Å². The van der Waals surface area contributed by atoms with Crippen molar-refractivity contribution in [2.45, 2.75) is 37.0 Å². The number of amides is 1. The maximum atomic E-state index is 12.2. The number of nitrogens with one attached hydrogen (secondary N) is 1. The van der Waals surface area contributed by atoms with Crippen LogP contribution < -0.4 is 5.32 Å². The Labute approximate surface area is 137 Å². The molecule has 0 unspecified atom stereocenters. The van der Waals surface area contributed by atoms with Crippen molar-refractivity contribution in [2.75, 3.05) is 6.26 Å². The molecule has 1 saturated carbocycles. The van der Waals surface area contributed by atoms with Crippen LogP contribution in [-0.4, -0.2) is 23.5 Å². The van der Waals surface area contributed by atoms with Gasteiger partial charge in [-0.25, -0.2) is 0 Å². The van der Waals surface area contributed by atoms with Crippen LogP contribution in [0, 0.1) is 3.57 Å². The molecule has 0 radical (unpaired) electrons. The lowest BCUT2D eigenvalue weighted by Crippen LogP contribution is -2.38. The monoisotopic (exact) mass is 409 g/mol. The normalized spacial score (nSPS) is 23.1. The van der Waals surface area contributed by atoms with Gasteiger partial charge in [0.15, 0.2) is 0 Å². The molecule has 0 aliphatic heterocycles. The Balaban J connectivity index is 1.92.